The summed E-state index contributed by atoms with van der Waals surface area (Å²) in [5, 5.41) is 27.4. The highest BCUT2D eigenvalue weighted by molar-refractivity contribution is 5.89. The van der Waals surface area contributed by atoms with Crippen LogP contribution in [0.15, 0.2) is 47.8 Å². The first-order chi connectivity index (χ1) is 17.4. The molecule has 184 valence electrons. The number of ether oxygens (including phenoxy) is 1. The van der Waals surface area contributed by atoms with E-state index in [0.29, 0.717) is 40.9 Å². The molecule has 0 aliphatic carbocycles. The Kier molecular flexibility index (Phi) is 5.93. The van der Waals surface area contributed by atoms with Gasteiger partial charge in [-0.05, 0) is 18.2 Å². The summed E-state index contributed by atoms with van der Waals surface area (Å²) in [6.45, 7) is 4.22. The Hall–Kier alpha value is -4.95. The Morgan fingerprint density at radius 3 is 2.89 bits per heavy atom. The number of nitrogens with zero attached hydrogens (tertiary/aromatic N) is 10. The van der Waals surface area contributed by atoms with E-state index in [1.54, 1.807) is 39.8 Å². The van der Waals surface area contributed by atoms with E-state index < -0.39 is 11.5 Å². The third kappa shape index (κ3) is 4.79. The molecule has 15 heteroatoms. The molecule has 0 unspecified atom stereocenters. The van der Waals surface area contributed by atoms with E-state index in [9.17, 15) is 9.59 Å². The minimum atomic E-state index is -0.466. The molecule has 0 atom stereocenters. The fourth-order valence-electron chi connectivity index (χ4n) is 3.48. The summed E-state index contributed by atoms with van der Waals surface area (Å²) in [5.74, 6) is 0.538. The van der Waals surface area contributed by atoms with Gasteiger partial charge in [0.05, 0.1) is 0 Å². The number of rotatable bonds is 8. The highest BCUT2D eigenvalue weighted by Crippen LogP contribution is 2.22. The van der Waals surface area contributed by atoms with Gasteiger partial charge in [0.25, 0.3) is 5.56 Å². The van der Waals surface area contributed by atoms with Gasteiger partial charge in [-0.2, -0.15) is 9.61 Å². The number of nitrogens with one attached hydrogen (secondary N) is 1. The van der Waals surface area contributed by atoms with Crippen molar-refractivity contribution in [2.24, 2.45) is 0 Å². The van der Waals surface area contributed by atoms with Crippen LogP contribution in [0.25, 0.3) is 11.3 Å². The van der Waals surface area contributed by atoms with Gasteiger partial charge in [0.15, 0.2) is 17.3 Å². The number of nitrogens with two attached hydrogens (primary N) is 1. The zero-order valence-corrected chi connectivity index (χ0v) is 19.5. The molecule has 5 aromatic rings. The van der Waals surface area contributed by atoms with Gasteiger partial charge in [-0.3, -0.25) is 9.59 Å². The molecule has 0 radical (unpaired) electrons. The molecule has 36 heavy (non-hydrogen) atoms. The number of carbonyl (C=O) groups is 1. The summed E-state index contributed by atoms with van der Waals surface area (Å²) in [6, 6.07) is 8.04. The fourth-order valence-corrected chi connectivity index (χ4v) is 3.48. The van der Waals surface area contributed by atoms with Crippen LogP contribution in [0.2, 0.25) is 0 Å². The molecule has 0 aliphatic rings. The summed E-state index contributed by atoms with van der Waals surface area (Å²) in [7, 11) is 0. The van der Waals surface area contributed by atoms with Crippen molar-refractivity contribution < 1.29 is 14.0 Å². The van der Waals surface area contributed by atoms with E-state index in [4.69, 9.17) is 10.5 Å². The zero-order valence-electron chi connectivity index (χ0n) is 19.5. The Morgan fingerprint density at radius 2 is 2.06 bits per heavy atom. The van der Waals surface area contributed by atoms with Crippen molar-refractivity contribution in [2.75, 3.05) is 17.7 Å². The predicted octanol–water partition coefficient (Wildman–Crippen LogP) is -0.565. The summed E-state index contributed by atoms with van der Waals surface area (Å²) in [5.41, 5.74) is 6.98. The zero-order chi connectivity index (χ0) is 25.2. The first-order valence-corrected chi connectivity index (χ1v) is 11.1. The lowest BCUT2D eigenvalue weighted by atomic mass is 10.1. The van der Waals surface area contributed by atoms with Crippen molar-refractivity contribution in [3.63, 3.8) is 0 Å². The molecule has 5 heterocycles. The predicted molar refractivity (Wildman–Crippen MR) is 125 cm³/mol. The molecule has 0 saturated heterocycles. The quantitative estimate of drug-likeness (QED) is 0.267. The van der Waals surface area contributed by atoms with Crippen molar-refractivity contribution in [1.29, 1.82) is 0 Å². The lowest BCUT2D eigenvalue weighted by Gasteiger charge is -2.14. The minimum Gasteiger partial charge on any atom is -0.488 e. The monoisotopic (exact) mass is 491 g/mol. The third-order valence-electron chi connectivity index (χ3n) is 5.17. The first-order valence-electron chi connectivity index (χ1n) is 11.1. The van der Waals surface area contributed by atoms with Gasteiger partial charge in [-0.1, -0.05) is 18.9 Å². The van der Waals surface area contributed by atoms with Gasteiger partial charge < -0.3 is 15.8 Å². The molecule has 15 nitrogen and oxygen atoms in total. The SMILES string of the molecule is CC(C)c1nn(CC(=O)Nc2ccc3nncn3n2)c(=O)cc1OCCn1c[n+]2nc(N)ccc2n1. The molecule has 5 aromatic heterocycles. The van der Waals surface area contributed by atoms with Crippen LogP contribution in [0.5, 0.6) is 5.75 Å². The topological polar surface area (TPSA) is 177 Å². The number of fused-ring (bicyclic) bond motifs is 2. The number of nitrogen functional groups attached to an aromatic ring is 1. The molecular weight excluding hydrogens is 468 g/mol. The Morgan fingerprint density at radius 1 is 1.19 bits per heavy atom. The van der Waals surface area contributed by atoms with Crippen LogP contribution in [0.3, 0.4) is 0 Å². The second-order valence-electron chi connectivity index (χ2n) is 8.23. The largest absolute Gasteiger partial charge is 0.488 e. The number of hydrogen-bond donors (Lipinski definition) is 2. The highest BCUT2D eigenvalue weighted by Gasteiger charge is 2.17. The van der Waals surface area contributed by atoms with E-state index in [1.807, 2.05) is 13.8 Å². The van der Waals surface area contributed by atoms with Gasteiger partial charge in [-0.25, -0.2) is 4.68 Å². The van der Waals surface area contributed by atoms with Crippen molar-refractivity contribution in [3.8, 4) is 5.75 Å². The number of amides is 1. The average molecular weight is 491 g/mol. The third-order valence-corrected chi connectivity index (χ3v) is 5.17. The van der Waals surface area contributed by atoms with Crippen LogP contribution in [-0.4, -0.2) is 57.0 Å². The average Bonchev–Trinajstić information content (AvgIpc) is 3.46. The number of carbonyl (C=O) groups excluding carboxylic acids is 1. The van der Waals surface area contributed by atoms with Crippen molar-refractivity contribution in [1.82, 2.24) is 44.5 Å². The molecule has 5 rings (SSSR count). The first kappa shape index (κ1) is 22.8. The van der Waals surface area contributed by atoms with Crippen molar-refractivity contribution >= 4 is 28.8 Å². The number of aromatic nitrogens is 10. The molecule has 0 aromatic carbocycles. The molecular formula is C21H23N12O3+. The summed E-state index contributed by atoms with van der Waals surface area (Å²) in [6.07, 6.45) is 3.12. The minimum absolute atomic E-state index is 0.0530. The second-order valence-corrected chi connectivity index (χ2v) is 8.23. The lowest BCUT2D eigenvalue weighted by molar-refractivity contribution is -0.580. The maximum Gasteiger partial charge on any atom is 0.325 e. The maximum atomic E-state index is 12.7. The Labute approximate surface area is 203 Å². The van der Waals surface area contributed by atoms with Crippen LogP contribution in [0.4, 0.5) is 11.6 Å². The summed E-state index contributed by atoms with van der Waals surface area (Å²) in [4.78, 5) is 25.2. The molecule has 0 fully saturated rings. The lowest BCUT2D eigenvalue weighted by Crippen LogP contribution is -2.31. The molecule has 0 bridgehead atoms. The molecule has 0 aliphatic heterocycles. The van der Waals surface area contributed by atoms with Gasteiger partial charge in [-0.15, -0.1) is 24.5 Å². The van der Waals surface area contributed by atoms with Crippen LogP contribution < -0.4 is 25.9 Å². The van der Waals surface area contributed by atoms with Crippen molar-refractivity contribution in [3.05, 3.63) is 59.0 Å². The van der Waals surface area contributed by atoms with E-state index in [2.05, 4.69) is 35.9 Å². The van der Waals surface area contributed by atoms with Crippen LogP contribution >= 0.6 is 0 Å². The Balaban J connectivity index is 1.26. The van der Waals surface area contributed by atoms with Crippen LogP contribution in [0.1, 0.15) is 25.5 Å². The van der Waals surface area contributed by atoms with Crippen LogP contribution in [0, 0.1) is 0 Å². The normalized spacial score (nSPS) is 11.4. The maximum absolute atomic E-state index is 12.7. The van der Waals surface area contributed by atoms with E-state index in [0.717, 1.165) is 4.68 Å². The Bertz CT molecular complexity index is 1620. The molecule has 3 N–H and O–H groups in total. The van der Waals surface area contributed by atoms with Crippen LogP contribution in [-0.2, 0) is 17.9 Å². The summed E-state index contributed by atoms with van der Waals surface area (Å²) >= 11 is 0. The number of hydrogen-bond acceptors (Lipinski definition) is 10. The molecule has 1 amide bonds. The summed E-state index contributed by atoms with van der Waals surface area (Å²) < 4.78 is 11.6. The smallest absolute Gasteiger partial charge is 0.325 e. The van der Waals surface area contributed by atoms with Gasteiger partial charge in [0, 0.05) is 23.1 Å². The standard InChI is InChI=1S/C21H22N12O3/c1-13(2)21-14(36-8-7-30-12-33-18(28-30)5-3-15(22)26-33)9-20(35)31(29-21)10-19(34)24-16-4-6-17-25-23-11-32(17)27-16/h3-6,9,11-13H,7-8,10H2,1-2H3,(H2-,22,24,26,27,34)/p+1. The van der Waals surface area contributed by atoms with E-state index >= 15 is 0 Å². The van der Waals surface area contributed by atoms with E-state index in [-0.39, 0.29) is 19.1 Å². The van der Waals surface area contributed by atoms with E-state index in [1.165, 1.54) is 16.9 Å². The van der Waals surface area contributed by atoms with Gasteiger partial charge in [0.1, 0.15) is 37.5 Å². The second kappa shape index (κ2) is 9.36. The fraction of sp³-hybridized carbons (Fsp3) is 0.286. The molecule has 0 saturated carbocycles. The number of anilines is 2. The van der Waals surface area contributed by atoms with Gasteiger partial charge >= 0.3 is 5.65 Å². The van der Waals surface area contributed by atoms with Crippen molar-refractivity contribution in [2.45, 2.75) is 32.9 Å². The van der Waals surface area contributed by atoms with Gasteiger partial charge in [0.2, 0.25) is 12.2 Å². The molecule has 0 spiro atoms. The highest BCUT2D eigenvalue weighted by atomic mass is 16.5.